The average Bonchev–Trinajstić information content (AvgIpc) is 2.59. The summed E-state index contributed by atoms with van der Waals surface area (Å²) in [5, 5.41) is 10.8. The standard InChI is InChI=1S/C15H11ClIN3O5/c1-25-13-5-3-8(6-11(13)17)14(21)18-19-15(22)9-2-4-10(16)12(7-9)20(23)24/h2-7H,1H3,(H,18,21)(H,19,22). The third-order valence-electron chi connectivity index (χ3n) is 3.11. The quantitative estimate of drug-likeness (QED) is 0.401. The molecule has 0 spiro atoms. The van der Waals surface area contributed by atoms with Crippen LogP contribution < -0.4 is 15.6 Å². The molecule has 25 heavy (non-hydrogen) atoms. The van der Waals surface area contributed by atoms with Crippen LogP contribution in [0.5, 0.6) is 5.75 Å². The Kier molecular flexibility index (Phi) is 6.15. The van der Waals surface area contributed by atoms with Gasteiger partial charge in [0.05, 0.1) is 15.6 Å². The van der Waals surface area contributed by atoms with Gasteiger partial charge in [-0.1, -0.05) is 11.6 Å². The Balaban J connectivity index is 2.07. The van der Waals surface area contributed by atoms with Crippen molar-refractivity contribution in [3.05, 3.63) is 66.2 Å². The van der Waals surface area contributed by atoms with Gasteiger partial charge < -0.3 is 4.74 Å². The number of nitrogens with zero attached hydrogens (tertiary/aromatic N) is 1. The van der Waals surface area contributed by atoms with E-state index in [0.29, 0.717) is 11.3 Å². The summed E-state index contributed by atoms with van der Waals surface area (Å²) >= 11 is 7.70. The Morgan fingerprint density at radius 2 is 1.68 bits per heavy atom. The zero-order valence-electron chi connectivity index (χ0n) is 12.7. The molecule has 2 N–H and O–H groups in total. The number of hydrazine groups is 1. The maximum Gasteiger partial charge on any atom is 0.288 e. The van der Waals surface area contributed by atoms with Gasteiger partial charge in [-0.15, -0.1) is 0 Å². The largest absolute Gasteiger partial charge is 0.496 e. The number of halogens is 2. The van der Waals surface area contributed by atoms with Crippen molar-refractivity contribution in [3.8, 4) is 5.75 Å². The van der Waals surface area contributed by atoms with Crippen LogP contribution in [-0.2, 0) is 0 Å². The SMILES string of the molecule is COc1ccc(C(=O)NNC(=O)c2ccc(Cl)c([N+](=O)[O-])c2)cc1I. The Labute approximate surface area is 160 Å². The van der Waals surface area contributed by atoms with Crippen LogP contribution in [0.2, 0.25) is 5.02 Å². The topological polar surface area (TPSA) is 111 Å². The number of carbonyl (C=O) groups is 2. The molecule has 0 atom stereocenters. The van der Waals surface area contributed by atoms with Gasteiger partial charge in [-0.2, -0.15) is 0 Å². The Morgan fingerprint density at radius 3 is 2.20 bits per heavy atom. The number of benzene rings is 2. The highest BCUT2D eigenvalue weighted by molar-refractivity contribution is 14.1. The smallest absolute Gasteiger partial charge is 0.288 e. The summed E-state index contributed by atoms with van der Waals surface area (Å²) in [4.78, 5) is 34.2. The third-order valence-corrected chi connectivity index (χ3v) is 4.27. The number of methoxy groups -OCH3 is 1. The van der Waals surface area contributed by atoms with Crippen molar-refractivity contribution < 1.29 is 19.2 Å². The minimum atomic E-state index is -0.712. The van der Waals surface area contributed by atoms with Crippen molar-refractivity contribution >= 4 is 51.7 Å². The molecule has 0 radical (unpaired) electrons. The summed E-state index contributed by atoms with van der Waals surface area (Å²) in [5.41, 5.74) is 4.33. The molecule has 0 aliphatic carbocycles. The van der Waals surface area contributed by atoms with Crippen molar-refractivity contribution in [1.82, 2.24) is 10.9 Å². The van der Waals surface area contributed by atoms with Gasteiger partial charge in [0.25, 0.3) is 17.5 Å². The van der Waals surface area contributed by atoms with E-state index in [4.69, 9.17) is 16.3 Å². The van der Waals surface area contributed by atoms with Crippen LogP contribution in [0.15, 0.2) is 36.4 Å². The monoisotopic (exact) mass is 475 g/mol. The first kappa shape index (κ1) is 18.9. The summed E-state index contributed by atoms with van der Waals surface area (Å²) in [7, 11) is 1.52. The van der Waals surface area contributed by atoms with Crippen molar-refractivity contribution in [2.24, 2.45) is 0 Å². The molecule has 0 heterocycles. The van der Waals surface area contributed by atoms with E-state index in [1.165, 1.54) is 25.3 Å². The minimum Gasteiger partial charge on any atom is -0.496 e. The molecule has 0 unspecified atom stereocenters. The van der Waals surface area contributed by atoms with E-state index in [9.17, 15) is 19.7 Å². The molecule has 0 aromatic heterocycles. The zero-order valence-corrected chi connectivity index (χ0v) is 15.6. The van der Waals surface area contributed by atoms with Crippen LogP contribution in [0.25, 0.3) is 0 Å². The molecule has 2 amide bonds. The van der Waals surface area contributed by atoms with Gasteiger partial charge in [0, 0.05) is 17.2 Å². The molecule has 0 bridgehead atoms. The van der Waals surface area contributed by atoms with Crippen LogP contribution in [0.1, 0.15) is 20.7 Å². The maximum atomic E-state index is 12.1. The lowest BCUT2D eigenvalue weighted by atomic mass is 10.2. The molecule has 0 saturated heterocycles. The second kappa shape index (κ2) is 8.12. The van der Waals surface area contributed by atoms with E-state index in [-0.39, 0.29) is 10.6 Å². The van der Waals surface area contributed by atoms with E-state index in [1.807, 2.05) is 22.6 Å². The Hall–Kier alpha value is -2.40. The number of hydrogen-bond acceptors (Lipinski definition) is 5. The summed E-state index contributed by atoms with van der Waals surface area (Å²) in [5.74, 6) is -0.636. The lowest BCUT2D eigenvalue weighted by Crippen LogP contribution is -2.41. The molecular weight excluding hydrogens is 465 g/mol. The molecule has 10 heteroatoms. The van der Waals surface area contributed by atoms with Gasteiger partial charge >= 0.3 is 0 Å². The number of amides is 2. The second-order valence-corrected chi connectivity index (χ2v) is 6.25. The molecule has 130 valence electrons. The van der Waals surface area contributed by atoms with Crippen LogP contribution in [-0.4, -0.2) is 23.8 Å². The maximum absolute atomic E-state index is 12.1. The predicted octanol–water partition coefficient (Wildman–Crippen LogP) is 2.94. The molecule has 0 aliphatic heterocycles. The van der Waals surface area contributed by atoms with Gasteiger partial charge in [-0.3, -0.25) is 30.6 Å². The molecule has 8 nitrogen and oxygen atoms in total. The van der Waals surface area contributed by atoms with Crippen molar-refractivity contribution in [3.63, 3.8) is 0 Å². The van der Waals surface area contributed by atoms with Crippen LogP contribution in [0.4, 0.5) is 5.69 Å². The number of carbonyl (C=O) groups excluding carboxylic acids is 2. The lowest BCUT2D eigenvalue weighted by Gasteiger charge is -2.09. The predicted molar refractivity (Wildman–Crippen MR) is 98.7 cm³/mol. The van der Waals surface area contributed by atoms with Crippen LogP contribution in [0, 0.1) is 13.7 Å². The number of nitro groups is 1. The summed E-state index contributed by atoms with van der Waals surface area (Å²) < 4.78 is 5.83. The first-order chi connectivity index (χ1) is 11.8. The normalized spacial score (nSPS) is 10.0. The summed E-state index contributed by atoms with van der Waals surface area (Å²) in [6.45, 7) is 0. The first-order valence-corrected chi connectivity index (χ1v) is 8.17. The van der Waals surface area contributed by atoms with Gasteiger partial charge in [-0.05, 0) is 52.9 Å². The van der Waals surface area contributed by atoms with E-state index in [1.54, 1.807) is 12.1 Å². The van der Waals surface area contributed by atoms with Crippen molar-refractivity contribution in [2.75, 3.05) is 7.11 Å². The number of nitrogens with one attached hydrogen (secondary N) is 2. The zero-order chi connectivity index (χ0) is 18.6. The highest BCUT2D eigenvalue weighted by Gasteiger charge is 2.17. The Morgan fingerprint density at radius 1 is 1.12 bits per heavy atom. The fourth-order valence-corrected chi connectivity index (χ4v) is 2.78. The number of hydrogen-bond donors (Lipinski definition) is 2. The van der Waals surface area contributed by atoms with Gasteiger partial charge in [0.1, 0.15) is 10.8 Å². The van der Waals surface area contributed by atoms with E-state index in [0.717, 1.165) is 9.64 Å². The van der Waals surface area contributed by atoms with Gasteiger partial charge in [0.15, 0.2) is 0 Å². The second-order valence-electron chi connectivity index (χ2n) is 4.68. The molecular formula is C15H11ClIN3O5. The molecule has 0 aliphatic rings. The lowest BCUT2D eigenvalue weighted by molar-refractivity contribution is -0.384. The molecule has 2 aromatic rings. The van der Waals surface area contributed by atoms with Gasteiger partial charge in [0.2, 0.25) is 0 Å². The fraction of sp³-hybridized carbons (Fsp3) is 0.0667. The third kappa shape index (κ3) is 4.57. The first-order valence-electron chi connectivity index (χ1n) is 6.71. The van der Waals surface area contributed by atoms with E-state index >= 15 is 0 Å². The van der Waals surface area contributed by atoms with Crippen molar-refractivity contribution in [2.45, 2.75) is 0 Å². The van der Waals surface area contributed by atoms with Crippen molar-refractivity contribution in [1.29, 1.82) is 0 Å². The van der Waals surface area contributed by atoms with Crippen LogP contribution >= 0.6 is 34.2 Å². The molecule has 0 fully saturated rings. The van der Waals surface area contributed by atoms with Crippen LogP contribution in [0.3, 0.4) is 0 Å². The number of rotatable bonds is 4. The Bertz CT molecular complexity index is 859. The number of ether oxygens (including phenoxy) is 1. The average molecular weight is 476 g/mol. The highest BCUT2D eigenvalue weighted by atomic mass is 127. The highest BCUT2D eigenvalue weighted by Crippen LogP contribution is 2.25. The van der Waals surface area contributed by atoms with E-state index < -0.39 is 22.4 Å². The molecule has 2 aromatic carbocycles. The summed E-state index contributed by atoms with van der Waals surface area (Å²) in [6.07, 6.45) is 0. The molecule has 0 saturated carbocycles. The fourth-order valence-electron chi connectivity index (χ4n) is 1.86. The number of nitro benzene ring substituents is 1. The molecule has 2 rings (SSSR count). The minimum absolute atomic E-state index is 0.0132. The summed E-state index contributed by atoms with van der Waals surface area (Å²) in [6, 6.07) is 8.33. The van der Waals surface area contributed by atoms with E-state index in [2.05, 4.69) is 10.9 Å². The van der Waals surface area contributed by atoms with Gasteiger partial charge in [-0.25, -0.2) is 0 Å².